The van der Waals surface area contributed by atoms with Gasteiger partial charge in [-0.05, 0) is 150 Å². The summed E-state index contributed by atoms with van der Waals surface area (Å²) in [4.78, 5) is 0. The van der Waals surface area contributed by atoms with E-state index < -0.39 is 76.8 Å². The maximum absolute atomic E-state index is 6.93. The smallest absolute Gasteiger partial charge is 0.317 e. The summed E-state index contributed by atoms with van der Waals surface area (Å²) in [6.45, 7) is 56.0. The Morgan fingerprint density at radius 1 is 0.538 bits per heavy atom. The third-order valence-corrected chi connectivity index (χ3v) is 36.3. The van der Waals surface area contributed by atoms with E-state index in [2.05, 4.69) is 151 Å². The largest absolute Gasteiger partial charge is 0.439 e. The molecule has 0 amide bonds. The van der Waals surface area contributed by atoms with Gasteiger partial charge in [-0.15, -0.1) is 13.2 Å². The van der Waals surface area contributed by atoms with Crippen LogP contribution in [0.25, 0.3) is 0 Å². The van der Waals surface area contributed by atoms with Crippen LogP contribution in [0.5, 0.6) is 0 Å². The predicted molar refractivity (Wildman–Crippen MR) is 250 cm³/mol. The van der Waals surface area contributed by atoms with Gasteiger partial charge in [-0.2, -0.15) is 0 Å². The van der Waals surface area contributed by atoms with Gasteiger partial charge in [0.05, 0.1) is 0 Å². The van der Waals surface area contributed by atoms with Crippen molar-refractivity contribution in [3.8, 4) is 0 Å². The van der Waals surface area contributed by atoms with Gasteiger partial charge in [-0.1, -0.05) is 45.3 Å². The Hall–Kier alpha value is 1.80. The summed E-state index contributed by atoms with van der Waals surface area (Å²) in [7, 11) is -14.9. The van der Waals surface area contributed by atoms with Crippen molar-refractivity contribution in [1.82, 2.24) is 0 Å². The van der Waals surface area contributed by atoms with E-state index in [1.54, 1.807) is 13.2 Å². The third kappa shape index (κ3) is 46.2. The fourth-order valence-corrected chi connectivity index (χ4v) is 43.9. The summed E-state index contributed by atoms with van der Waals surface area (Å²) < 4.78 is 49.8. The van der Waals surface area contributed by atoms with Crippen molar-refractivity contribution in [2.45, 2.75) is 183 Å². The van der Waals surface area contributed by atoms with Crippen LogP contribution in [0.4, 0.5) is 0 Å². The van der Waals surface area contributed by atoms with Gasteiger partial charge in [0.15, 0.2) is 33.3 Å². The first-order valence-corrected chi connectivity index (χ1v) is 45.5. The standard InChI is InChI=1S/C17H46O4Si5.C9H28O3Si4.C5H10O.C3H6.Pt/c1-13-15-17-26(12,20-24(9,10)18-22(3,4)5)21-25(11,16-14-2)19-23(6,7)8;1-13(10-14(2,3)4)11-16(8,9)12-15(5,6)7;1-3-4-5-6-2;1-3-2;/h13-17H2,1-12H3;13H,1-9H3;3H,1,4-5H2,2H3;3H,1H2,2H3;. The van der Waals surface area contributed by atoms with Crippen molar-refractivity contribution in [3.63, 3.8) is 0 Å². The Balaban J connectivity index is -0.000000239. The molecule has 0 aliphatic heterocycles. The average Bonchev–Trinajstić information content (AvgIpc) is 2.81. The van der Waals surface area contributed by atoms with Crippen molar-refractivity contribution >= 4 is 76.8 Å². The molecule has 18 heteroatoms. The number of allylic oxidation sites excluding steroid dienone is 1. The summed E-state index contributed by atoms with van der Waals surface area (Å²) in [6.07, 6.45) is 7.94. The number of methoxy groups -OCH3 is 1. The molecule has 3 atom stereocenters. The van der Waals surface area contributed by atoms with Gasteiger partial charge in [0, 0.05) is 34.8 Å². The first-order chi connectivity index (χ1) is 22.6. The molecule has 0 spiro atoms. The number of rotatable bonds is 22. The SMILES string of the molecule is C=CC.C=CCCOC.CCCC[Si](C)(O[Si](C)(C)O[Si](C)(C)C)O[Si](C)(CCC)O[Si](C)(C)C.C[SiH](O[Si](C)(C)C)O[Si](C)(C)O[Si](C)(C)C.[Pt]. The van der Waals surface area contributed by atoms with Gasteiger partial charge in [-0.25, -0.2) is 0 Å². The number of unbranched alkanes of at least 4 members (excludes halogenated alkanes) is 1. The molecule has 0 rings (SSSR count). The van der Waals surface area contributed by atoms with Gasteiger partial charge in [0.25, 0.3) is 9.28 Å². The van der Waals surface area contributed by atoms with E-state index in [-0.39, 0.29) is 21.1 Å². The molecule has 0 N–H and O–H groups in total. The number of hydrogen-bond donors (Lipinski definition) is 0. The number of ether oxygens (including phenoxy) is 1. The Labute approximate surface area is 350 Å². The summed E-state index contributed by atoms with van der Waals surface area (Å²) in [6, 6.07) is 2.06. The molecule has 0 aromatic rings. The van der Waals surface area contributed by atoms with Gasteiger partial charge in [-0.3, -0.25) is 0 Å². The molecule has 0 saturated carbocycles. The fraction of sp³-hybridized carbons (Fsp3) is 0.882. The molecule has 0 saturated heterocycles. The molecule has 320 valence electrons. The van der Waals surface area contributed by atoms with Crippen molar-refractivity contribution < 1.29 is 54.6 Å². The maximum Gasteiger partial charge on any atom is 0.317 e. The van der Waals surface area contributed by atoms with E-state index in [1.165, 1.54) is 0 Å². The zero-order valence-electron chi connectivity index (χ0n) is 38.7. The average molecular weight is 1070 g/mol. The fourth-order valence-electron chi connectivity index (χ4n) is 5.46. The summed E-state index contributed by atoms with van der Waals surface area (Å²) in [5, 5.41) is 0. The topological polar surface area (TPSA) is 73.8 Å². The predicted octanol–water partition coefficient (Wildman–Crippen LogP) is 12.4. The van der Waals surface area contributed by atoms with Crippen molar-refractivity contribution in [2.24, 2.45) is 0 Å². The summed E-state index contributed by atoms with van der Waals surface area (Å²) in [5.74, 6) is 0. The van der Waals surface area contributed by atoms with Crippen LogP contribution < -0.4 is 0 Å². The second-order valence-corrected chi connectivity index (χ2v) is 53.3. The molecular formula is C34H90O8PtSi9. The van der Waals surface area contributed by atoms with Gasteiger partial charge in [0.1, 0.15) is 0 Å². The minimum absolute atomic E-state index is 0. The molecular weight excluding hydrogens is 984 g/mol. The minimum atomic E-state index is -2.36. The Kier molecular flexibility index (Phi) is 35.2. The summed E-state index contributed by atoms with van der Waals surface area (Å²) >= 11 is 0. The first kappa shape index (κ1) is 63.0. The van der Waals surface area contributed by atoms with Crippen LogP contribution in [0.1, 0.15) is 46.5 Å². The quantitative estimate of drug-likeness (QED) is 0.0603. The maximum atomic E-state index is 6.93. The zero-order chi connectivity index (χ0) is 41.6. The van der Waals surface area contributed by atoms with E-state index in [4.69, 9.17) is 33.5 Å². The molecule has 0 aromatic carbocycles. The second-order valence-electron chi connectivity index (χ2n) is 18.2. The van der Waals surface area contributed by atoms with Crippen molar-refractivity contribution in [1.29, 1.82) is 0 Å². The molecule has 0 aromatic heterocycles. The first-order valence-electron chi connectivity index (χ1n) is 19.1. The zero-order valence-corrected chi connectivity index (χ0v) is 50.1. The Bertz CT molecular complexity index is 909. The summed E-state index contributed by atoms with van der Waals surface area (Å²) in [5.41, 5.74) is 0. The van der Waals surface area contributed by atoms with Crippen LogP contribution in [-0.2, 0) is 54.6 Å². The Morgan fingerprint density at radius 3 is 1.25 bits per heavy atom. The molecule has 0 aliphatic carbocycles. The molecule has 0 radical (unpaired) electrons. The molecule has 3 unspecified atom stereocenters. The van der Waals surface area contributed by atoms with Crippen LogP contribution in [-0.4, -0.2) is 90.5 Å². The molecule has 0 aliphatic rings. The van der Waals surface area contributed by atoms with Gasteiger partial charge in [0.2, 0.25) is 0 Å². The van der Waals surface area contributed by atoms with E-state index in [1.807, 2.05) is 13.0 Å². The minimum Gasteiger partial charge on any atom is -0.439 e. The van der Waals surface area contributed by atoms with E-state index >= 15 is 0 Å². The van der Waals surface area contributed by atoms with Crippen LogP contribution in [0.15, 0.2) is 25.3 Å². The molecule has 0 fully saturated rings. The van der Waals surface area contributed by atoms with Gasteiger partial charge < -0.3 is 33.5 Å². The van der Waals surface area contributed by atoms with Crippen molar-refractivity contribution in [3.05, 3.63) is 25.3 Å². The van der Waals surface area contributed by atoms with Crippen molar-refractivity contribution in [2.75, 3.05) is 13.7 Å². The van der Waals surface area contributed by atoms with Crippen LogP contribution in [0, 0.1) is 0 Å². The normalized spacial score (nSPS) is 15.4. The van der Waals surface area contributed by atoms with E-state index in [9.17, 15) is 0 Å². The van der Waals surface area contributed by atoms with Crippen LogP contribution in [0.3, 0.4) is 0 Å². The Morgan fingerprint density at radius 2 is 0.942 bits per heavy atom. The molecule has 52 heavy (non-hydrogen) atoms. The van der Waals surface area contributed by atoms with E-state index in [0.717, 1.165) is 44.4 Å². The van der Waals surface area contributed by atoms with E-state index in [0.29, 0.717) is 0 Å². The van der Waals surface area contributed by atoms with Gasteiger partial charge >= 0.3 is 34.2 Å². The molecule has 0 bridgehead atoms. The molecule has 8 nitrogen and oxygen atoms in total. The monoisotopic (exact) mass is 1070 g/mol. The van der Waals surface area contributed by atoms with Crippen LogP contribution >= 0.6 is 0 Å². The number of hydrogen-bond acceptors (Lipinski definition) is 8. The molecule has 0 heterocycles. The second kappa shape index (κ2) is 29.1. The third-order valence-electron chi connectivity index (χ3n) is 5.70. The van der Waals surface area contributed by atoms with Crippen LogP contribution in [0.2, 0.25) is 136 Å².